The first-order valence-corrected chi connectivity index (χ1v) is 7.54. The van der Waals surface area contributed by atoms with Crippen molar-refractivity contribution in [3.8, 4) is 22.7 Å². The molecule has 4 aromatic rings. The maximum Gasteiger partial charge on any atom is 0.121 e. The van der Waals surface area contributed by atoms with E-state index in [-0.39, 0.29) is 0 Å². The van der Waals surface area contributed by atoms with Crippen LogP contribution in [0.25, 0.3) is 27.8 Å². The third-order valence-electron chi connectivity index (χ3n) is 3.94. The van der Waals surface area contributed by atoms with Crippen LogP contribution in [0, 0.1) is 0 Å². The molecule has 4 rings (SSSR count). The van der Waals surface area contributed by atoms with Gasteiger partial charge in [0.05, 0.1) is 18.3 Å². The molecular formula is C20H16N2O. The largest absolute Gasteiger partial charge is 0.497 e. The van der Waals surface area contributed by atoms with Crippen molar-refractivity contribution in [1.82, 2.24) is 9.78 Å². The summed E-state index contributed by atoms with van der Waals surface area (Å²) in [7, 11) is 1.68. The van der Waals surface area contributed by atoms with Crippen molar-refractivity contribution in [2.75, 3.05) is 7.11 Å². The van der Waals surface area contributed by atoms with E-state index in [1.807, 2.05) is 53.2 Å². The summed E-state index contributed by atoms with van der Waals surface area (Å²) in [5.41, 5.74) is 4.16. The standard InChI is InChI=1S/C20H16N2O/c1-23-17-12-13-18-19(14-17)22(16-10-6-3-7-11-16)21-20(18)15-8-4-2-5-9-15/h2-14H,1H3. The van der Waals surface area contributed by atoms with Gasteiger partial charge in [-0.1, -0.05) is 48.5 Å². The predicted molar refractivity (Wildman–Crippen MR) is 93.1 cm³/mol. The van der Waals surface area contributed by atoms with Crippen LogP contribution in [-0.4, -0.2) is 16.9 Å². The second-order valence-electron chi connectivity index (χ2n) is 5.35. The number of nitrogens with zero attached hydrogens (tertiary/aromatic N) is 2. The highest BCUT2D eigenvalue weighted by Gasteiger charge is 2.14. The fourth-order valence-corrected chi connectivity index (χ4v) is 2.80. The van der Waals surface area contributed by atoms with Gasteiger partial charge in [0.2, 0.25) is 0 Å². The molecule has 0 amide bonds. The zero-order chi connectivity index (χ0) is 15.6. The molecule has 3 nitrogen and oxygen atoms in total. The Morgan fingerprint density at radius 1 is 0.826 bits per heavy atom. The van der Waals surface area contributed by atoms with E-state index in [9.17, 15) is 0 Å². The maximum atomic E-state index is 5.39. The van der Waals surface area contributed by atoms with Crippen molar-refractivity contribution in [1.29, 1.82) is 0 Å². The van der Waals surface area contributed by atoms with Crippen LogP contribution in [0.15, 0.2) is 78.9 Å². The molecule has 0 fully saturated rings. The summed E-state index contributed by atoms with van der Waals surface area (Å²) in [6, 6.07) is 26.5. The predicted octanol–water partition coefficient (Wildman–Crippen LogP) is 4.70. The van der Waals surface area contributed by atoms with Crippen LogP contribution in [-0.2, 0) is 0 Å². The van der Waals surface area contributed by atoms with Gasteiger partial charge in [-0.2, -0.15) is 5.10 Å². The zero-order valence-electron chi connectivity index (χ0n) is 12.8. The minimum absolute atomic E-state index is 0.828. The summed E-state index contributed by atoms with van der Waals surface area (Å²) >= 11 is 0. The van der Waals surface area contributed by atoms with Crippen LogP contribution in [0.4, 0.5) is 0 Å². The van der Waals surface area contributed by atoms with Gasteiger partial charge in [0, 0.05) is 17.0 Å². The van der Waals surface area contributed by atoms with E-state index in [1.54, 1.807) is 7.11 Å². The van der Waals surface area contributed by atoms with E-state index >= 15 is 0 Å². The highest BCUT2D eigenvalue weighted by atomic mass is 16.5. The van der Waals surface area contributed by atoms with Crippen molar-refractivity contribution in [2.45, 2.75) is 0 Å². The van der Waals surface area contributed by atoms with E-state index in [4.69, 9.17) is 9.84 Å². The third-order valence-corrected chi connectivity index (χ3v) is 3.94. The quantitative estimate of drug-likeness (QED) is 0.548. The van der Waals surface area contributed by atoms with Gasteiger partial charge in [0.15, 0.2) is 0 Å². The van der Waals surface area contributed by atoms with Crippen LogP contribution in [0.3, 0.4) is 0 Å². The van der Waals surface area contributed by atoms with Crippen molar-refractivity contribution >= 4 is 10.9 Å². The second-order valence-corrected chi connectivity index (χ2v) is 5.35. The number of fused-ring (bicyclic) bond motifs is 1. The van der Waals surface area contributed by atoms with Crippen molar-refractivity contribution in [3.05, 3.63) is 78.9 Å². The Morgan fingerprint density at radius 3 is 2.22 bits per heavy atom. The van der Waals surface area contributed by atoms with Crippen LogP contribution in [0.2, 0.25) is 0 Å². The number of ether oxygens (including phenoxy) is 1. The van der Waals surface area contributed by atoms with Gasteiger partial charge < -0.3 is 4.74 Å². The molecule has 0 bridgehead atoms. The molecule has 1 aromatic heterocycles. The van der Waals surface area contributed by atoms with Gasteiger partial charge in [0.25, 0.3) is 0 Å². The average molecular weight is 300 g/mol. The minimum atomic E-state index is 0.828. The number of hydrogen-bond donors (Lipinski definition) is 0. The van der Waals surface area contributed by atoms with Crippen LogP contribution in [0.1, 0.15) is 0 Å². The molecule has 0 saturated carbocycles. The van der Waals surface area contributed by atoms with E-state index in [0.717, 1.165) is 33.6 Å². The molecule has 23 heavy (non-hydrogen) atoms. The molecule has 0 radical (unpaired) electrons. The third kappa shape index (κ3) is 2.36. The summed E-state index contributed by atoms with van der Waals surface area (Å²) in [6.07, 6.45) is 0. The molecule has 0 spiro atoms. The Labute approximate surface area is 134 Å². The Morgan fingerprint density at radius 2 is 1.52 bits per heavy atom. The molecule has 0 N–H and O–H groups in total. The lowest BCUT2D eigenvalue weighted by Crippen LogP contribution is -1.96. The fraction of sp³-hybridized carbons (Fsp3) is 0.0500. The molecule has 3 heteroatoms. The zero-order valence-corrected chi connectivity index (χ0v) is 12.8. The van der Waals surface area contributed by atoms with Crippen LogP contribution >= 0.6 is 0 Å². The number of rotatable bonds is 3. The summed E-state index contributed by atoms with van der Waals surface area (Å²) in [6.45, 7) is 0. The fourth-order valence-electron chi connectivity index (χ4n) is 2.80. The molecule has 0 saturated heterocycles. The molecule has 0 aliphatic rings. The van der Waals surface area contributed by atoms with E-state index in [1.165, 1.54) is 0 Å². The Hall–Kier alpha value is -3.07. The molecule has 0 aliphatic carbocycles. The minimum Gasteiger partial charge on any atom is -0.497 e. The summed E-state index contributed by atoms with van der Waals surface area (Å²) < 4.78 is 7.36. The topological polar surface area (TPSA) is 27.1 Å². The lowest BCUT2D eigenvalue weighted by atomic mass is 10.1. The van der Waals surface area contributed by atoms with Gasteiger partial charge in [-0.15, -0.1) is 0 Å². The van der Waals surface area contributed by atoms with Crippen molar-refractivity contribution in [2.24, 2.45) is 0 Å². The van der Waals surface area contributed by atoms with Crippen LogP contribution < -0.4 is 4.74 Å². The van der Waals surface area contributed by atoms with Gasteiger partial charge in [-0.05, 0) is 24.3 Å². The Balaban J connectivity index is 2.02. The van der Waals surface area contributed by atoms with E-state index in [0.29, 0.717) is 0 Å². The highest BCUT2D eigenvalue weighted by Crippen LogP contribution is 2.32. The normalized spacial score (nSPS) is 10.8. The molecule has 112 valence electrons. The second kappa shape index (κ2) is 5.61. The Kier molecular flexibility index (Phi) is 3.31. The lowest BCUT2D eigenvalue weighted by molar-refractivity contribution is 0.415. The van der Waals surface area contributed by atoms with E-state index in [2.05, 4.69) is 30.3 Å². The maximum absolute atomic E-state index is 5.39. The first-order valence-electron chi connectivity index (χ1n) is 7.54. The summed E-state index contributed by atoms with van der Waals surface area (Å²) in [5, 5.41) is 5.98. The van der Waals surface area contributed by atoms with Gasteiger partial charge >= 0.3 is 0 Å². The molecule has 0 unspecified atom stereocenters. The number of benzene rings is 3. The smallest absolute Gasteiger partial charge is 0.121 e. The summed E-state index contributed by atoms with van der Waals surface area (Å²) in [5.74, 6) is 0.828. The SMILES string of the molecule is COc1ccc2c(-c3ccccc3)nn(-c3ccccc3)c2c1. The van der Waals surface area contributed by atoms with Crippen LogP contribution in [0.5, 0.6) is 5.75 Å². The van der Waals surface area contributed by atoms with Gasteiger partial charge in [0.1, 0.15) is 11.4 Å². The van der Waals surface area contributed by atoms with E-state index < -0.39 is 0 Å². The first-order chi connectivity index (χ1) is 11.4. The lowest BCUT2D eigenvalue weighted by Gasteiger charge is -2.04. The first kappa shape index (κ1) is 13.6. The number of hydrogen-bond acceptors (Lipinski definition) is 2. The molecule has 1 heterocycles. The van der Waals surface area contributed by atoms with Crippen molar-refractivity contribution in [3.63, 3.8) is 0 Å². The molecule has 0 aliphatic heterocycles. The monoisotopic (exact) mass is 300 g/mol. The number of para-hydroxylation sites is 1. The molecular weight excluding hydrogens is 284 g/mol. The average Bonchev–Trinajstić information content (AvgIpc) is 3.02. The van der Waals surface area contributed by atoms with Gasteiger partial charge in [-0.25, -0.2) is 4.68 Å². The Bertz CT molecular complexity index is 943. The molecule has 3 aromatic carbocycles. The highest BCUT2D eigenvalue weighted by molar-refractivity contribution is 5.95. The van der Waals surface area contributed by atoms with Gasteiger partial charge in [-0.3, -0.25) is 0 Å². The van der Waals surface area contributed by atoms with Crippen molar-refractivity contribution < 1.29 is 4.74 Å². The summed E-state index contributed by atoms with van der Waals surface area (Å²) in [4.78, 5) is 0. The number of methoxy groups -OCH3 is 1. The molecule has 0 atom stereocenters. The number of aromatic nitrogens is 2.